The molecule has 2 rings (SSSR count). The van der Waals surface area contributed by atoms with E-state index in [1.807, 2.05) is 24.9 Å². The molecule has 0 spiro atoms. The zero-order valence-electron chi connectivity index (χ0n) is 10.8. The van der Waals surface area contributed by atoms with Crippen molar-refractivity contribution in [3.05, 3.63) is 11.9 Å². The standard InChI is InChI=1S/C11H18N4O2S/c1-8-13-10(12-2)6-11(14-8)15(3)9-4-5-18(16,17)7-9/h6,9H,4-5,7H2,1-3H3,(H,12,13,14). The molecule has 1 aliphatic heterocycles. The summed E-state index contributed by atoms with van der Waals surface area (Å²) >= 11 is 0. The lowest BCUT2D eigenvalue weighted by atomic mass is 10.2. The molecule has 1 N–H and O–H groups in total. The van der Waals surface area contributed by atoms with Crippen LogP contribution in [0.4, 0.5) is 11.6 Å². The minimum absolute atomic E-state index is 0.00834. The van der Waals surface area contributed by atoms with Gasteiger partial charge in [0.1, 0.15) is 17.5 Å². The predicted molar refractivity (Wildman–Crippen MR) is 71.8 cm³/mol. The number of sulfone groups is 1. The summed E-state index contributed by atoms with van der Waals surface area (Å²) in [5.74, 6) is 2.65. The maximum Gasteiger partial charge on any atom is 0.152 e. The van der Waals surface area contributed by atoms with E-state index in [1.54, 1.807) is 7.05 Å². The quantitative estimate of drug-likeness (QED) is 0.859. The van der Waals surface area contributed by atoms with Crippen molar-refractivity contribution >= 4 is 21.5 Å². The van der Waals surface area contributed by atoms with Gasteiger partial charge in [0.2, 0.25) is 0 Å². The van der Waals surface area contributed by atoms with E-state index in [2.05, 4.69) is 15.3 Å². The van der Waals surface area contributed by atoms with Gasteiger partial charge in [0.25, 0.3) is 0 Å². The minimum Gasteiger partial charge on any atom is -0.373 e. The Kier molecular flexibility index (Phi) is 3.43. The van der Waals surface area contributed by atoms with Gasteiger partial charge in [-0.05, 0) is 13.3 Å². The minimum atomic E-state index is -2.87. The number of hydrogen-bond donors (Lipinski definition) is 1. The van der Waals surface area contributed by atoms with Crippen LogP contribution in [0, 0.1) is 6.92 Å². The van der Waals surface area contributed by atoms with Crippen molar-refractivity contribution in [2.75, 3.05) is 35.8 Å². The first-order valence-corrected chi connectivity index (χ1v) is 7.70. The van der Waals surface area contributed by atoms with Crippen LogP contribution in [0.25, 0.3) is 0 Å². The third kappa shape index (κ3) is 2.72. The van der Waals surface area contributed by atoms with E-state index in [1.165, 1.54) is 0 Å². The summed E-state index contributed by atoms with van der Waals surface area (Å²) in [4.78, 5) is 10.5. The van der Waals surface area contributed by atoms with Gasteiger partial charge in [-0.25, -0.2) is 18.4 Å². The van der Waals surface area contributed by atoms with Crippen molar-refractivity contribution in [2.45, 2.75) is 19.4 Å². The molecule has 6 nitrogen and oxygen atoms in total. The molecule has 2 heterocycles. The second-order valence-corrected chi connectivity index (χ2v) is 6.81. The Balaban J connectivity index is 2.23. The summed E-state index contributed by atoms with van der Waals surface area (Å²) in [6.07, 6.45) is 0.663. The van der Waals surface area contributed by atoms with Gasteiger partial charge in [-0.1, -0.05) is 0 Å². The second-order valence-electron chi connectivity index (χ2n) is 4.58. The maximum absolute atomic E-state index is 11.5. The summed E-state index contributed by atoms with van der Waals surface area (Å²) in [5, 5.41) is 2.97. The maximum atomic E-state index is 11.5. The lowest BCUT2D eigenvalue weighted by Gasteiger charge is -2.24. The molecule has 0 amide bonds. The topological polar surface area (TPSA) is 75.2 Å². The SMILES string of the molecule is CNc1cc(N(C)C2CCS(=O)(=O)C2)nc(C)n1. The fourth-order valence-corrected chi connectivity index (χ4v) is 3.90. The Morgan fingerprint density at radius 1 is 1.44 bits per heavy atom. The van der Waals surface area contributed by atoms with Crippen molar-refractivity contribution in [3.63, 3.8) is 0 Å². The Bertz CT molecular complexity index is 544. The highest BCUT2D eigenvalue weighted by Gasteiger charge is 2.31. The normalized spacial score (nSPS) is 21.8. The van der Waals surface area contributed by atoms with Crippen LogP contribution in [0.3, 0.4) is 0 Å². The van der Waals surface area contributed by atoms with Gasteiger partial charge in [0.15, 0.2) is 9.84 Å². The molecule has 0 radical (unpaired) electrons. The Labute approximate surface area is 107 Å². The lowest BCUT2D eigenvalue weighted by Crippen LogP contribution is -2.33. The molecule has 7 heteroatoms. The summed E-state index contributed by atoms with van der Waals surface area (Å²) in [6, 6.07) is 1.84. The van der Waals surface area contributed by atoms with E-state index in [4.69, 9.17) is 0 Å². The average Bonchev–Trinajstić information content (AvgIpc) is 2.67. The third-order valence-corrected chi connectivity index (χ3v) is 4.95. The largest absolute Gasteiger partial charge is 0.373 e. The molecule has 1 unspecified atom stereocenters. The molecule has 1 aromatic rings. The van der Waals surface area contributed by atoms with Crippen LogP contribution < -0.4 is 10.2 Å². The van der Waals surface area contributed by atoms with Crippen LogP contribution >= 0.6 is 0 Å². The van der Waals surface area contributed by atoms with Gasteiger partial charge in [-0.2, -0.15) is 0 Å². The number of aromatic nitrogens is 2. The van der Waals surface area contributed by atoms with Crippen LogP contribution in [-0.2, 0) is 9.84 Å². The zero-order valence-corrected chi connectivity index (χ0v) is 11.7. The van der Waals surface area contributed by atoms with E-state index in [0.717, 1.165) is 11.6 Å². The number of nitrogens with zero attached hydrogens (tertiary/aromatic N) is 3. The Morgan fingerprint density at radius 3 is 2.72 bits per heavy atom. The van der Waals surface area contributed by atoms with Crippen LogP contribution in [0.2, 0.25) is 0 Å². The number of hydrogen-bond acceptors (Lipinski definition) is 6. The molecule has 100 valence electrons. The van der Waals surface area contributed by atoms with Gasteiger partial charge >= 0.3 is 0 Å². The fourth-order valence-electron chi connectivity index (χ4n) is 2.13. The highest BCUT2D eigenvalue weighted by Crippen LogP contribution is 2.22. The van der Waals surface area contributed by atoms with Gasteiger partial charge in [0, 0.05) is 26.2 Å². The molecule has 1 fully saturated rings. The number of aryl methyl sites for hydroxylation is 1. The summed E-state index contributed by atoms with van der Waals surface area (Å²) in [7, 11) is 0.804. The first-order valence-electron chi connectivity index (χ1n) is 5.88. The molecule has 0 aliphatic carbocycles. The van der Waals surface area contributed by atoms with E-state index in [9.17, 15) is 8.42 Å². The first kappa shape index (κ1) is 13.1. The summed E-state index contributed by atoms with van der Waals surface area (Å²) in [6.45, 7) is 1.82. The lowest BCUT2D eigenvalue weighted by molar-refractivity contribution is 0.600. The third-order valence-electron chi connectivity index (χ3n) is 3.20. The zero-order chi connectivity index (χ0) is 13.3. The van der Waals surface area contributed by atoms with Crippen LogP contribution in [0.5, 0.6) is 0 Å². The Morgan fingerprint density at radius 2 is 2.17 bits per heavy atom. The van der Waals surface area contributed by atoms with Crippen LogP contribution in [0.1, 0.15) is 12.2 Å². The smallest absolute Gasteiger partial charge is 0.152 e. The molecule has 1 atom stereocenters. The number of nitrogens with one attached hydrogen (secondary N) is 1. The van der Waals surface area contributed by atoms with E-state index in [0.29, 0.717) is 12.2 Å². The van der Waals surface area contributed by atoms with Gasteiger partial charge in [0.05, 0.1) is 11.5 Å². The van der Waals surface area contributed by atoms with Crippen LogP contribution in [0.15, 0.2) is 6.07 Å². The molecule has 18 heavy (non-hydrogen) atoms. The molecule has 0 aromatic carbocycles. The Hall–Kier alpha value is -1.37. The van der Waals surface area contributed by atoms with E-state index < -0.39 is 9.84 Å². The molecular weight excluding hydrogens is 252 g/mol. The molecule has 1 saturated heterocycles. The molecule has 0 saturated carbocycles. The average molecular weight is 270 g/mol. The fraction of sp³-hybridized carbons (Fsp3) is 0.636. The van der Waals surface area contributed by atoms with Crippen molar-refractivity contribution < 1.29 is 8.42 Å². The van der Waals surface area contributed by atoms with Crippen molar-refractivity contribution in [1.29, 1.82) is 0 Å². The highest BCUT2D eigenvalue weighted by molar-refractivity contribution is 7.91. The molecule has 1 aromatic heterocycles. The van der Waals surface area contributed by atoms with Gasteiger partial charge in [-0.3, -0.25) is 0 Å². The number of anilines is 2. The van der Waals surface area contributed by atoms with Crippen molar-refractivity contribution in [1.82, 2.24) is 9.97 Å². The van der Waals surface area contributed by atoms with Crippen molar-refractivity contribution in [2.24, 2.45) is 0 Å². The van der Waals surface area contributed by atoms with Crippen LogP contribution in [-0.4, -0.2) is 50.0 Å². The molecule has 0 bridgehead atoms. The van der Waals surface area contributed by atoms with E-state index in [-0.39, 0.29) is 17.5 Å². The van der Waals surface area contributed by atoms with Gasteiger partial charge in [-0.15, -0.1) is 0 Å². The molecule has 1 aliphatic rings. The summed E-state index contributed by atoms with van der Waals surface area (Å²) < 4.78 is 23.0. The number of rotatable bonds is 3. The monoisotopic (exact) mass is 270 g/mol. The van der Waals surface area contributed by atoms with E-state index >= 15 is 0 Å². The summed E-state index contributed by atoms with van der Waals surface area (Å²) in [5.41, 5.74) is 0. The molecular formula is C11H18N4O2S. The predicted octanol–water partition coefficient (Wildman–Crippen LogP) is 0.450. The first-order chi connectivity index (χ1) is 8.41. The van der Waals surface area contributed by atoms with Crippen molar-refractivity contribution in [3.8, 4) is 0 Å². The highest BCUT2D eigenvalue weighted by atomic mass is 32.2. The second kappa shape index (κ2) is 4.72. The van der Waals surface area contributed by atoms with Gasteiger partial charge < -0.3 is 10.2 Å².